The van der Waals surface area contributed by atoms with Gasteiger partial charge in [0.05, 0.1) is 0 Å². The minimum absolute atomic E-state index is 0.00338. The Balaban J connectivity index is 2.19. The Bertz CT molecular complexity index is 561. The summed E-state index contributed by atoms with van der Waals surface area (Å²) in [5.41, 5.74) is 0.150. The zero-order valence-electron chi connectivity index (χ0n) is 11.9. The summed E-state index contributed by atoms with van der Waals surface area (Å²) in [4.78, 5) is 3.25. The van der Waals surface area contributed by atoms with Crippen LogP contribution in [0, 0.1) is 28.6 Å². The van der Waals surface area contributed by atoms with Crippen LogP contribution in [-0.2, 0) is 6.18 Å². The van der Waals surface area contributed by atoms with E-state index < -0.39 is 12.1 Å². The molecule has 2 rings (SSSR count). The van der Waals surface area contributed by atoms with Crippen molar-refractivity contribution in [2.75, 3.05) is 0 Å². The SMILES string of the molecule is CC1(C)CCC(C#Cc2noc(C(F)(F)F)n2)C1(C)C. The van der Waals surface area contributed by atoms with Crippen molar-refractivity contribution in [3.63, 3.8) is 0 Å². The lowest BCUT2D eigenvalue weighted by molar-refractivity contribution is -0.159. The molecule has 1 saturated carbocycles. The van der Waals surface area contributed by atoms with Crippen LogP contribution in [0.15, 0.2) is 4.52 Å². The summed E-state index contributed by atoms with van der Waals surface area (Å²) in [6.45, 7) is 8.64. The van der Waals surface area contributed by atoms with E-state index in [0.29, 0.717) is 0 Å². The second-order valence-electron chi connectivity index (χ2n) is 6.39. The number of alkyl halides is 3. The normalized spacial score (nSPS) is 24.2. The maximum atomic E-state index is 12.3. The fourth-order valence-electron chi connectivity index (χ4n) is 2.45. The zero-order valence-corrected chi connectivity index (χ0v) is 11.9. The van der Waals surface area contributed by atoms with Crippen molar-refractivity contribution < 1.29 is 17.7 Å². The molecular weight excluding hydrogens is 269 g/mol. The fraction of sp³-hybridized carbons (Fsp3) is 0.714. The molecule has 20 heavy (non-hydrogen) atoms. The molecule has 0 N–H and O–H groups in total. The third-order valence-corrected chi connectivity index (χ3v) is 4.70. The summed E-state index contributed by atoms with van der Waals surface area (Å²) < 4.78 is 41.1. The Morgan fingerprint density at radius 3 is 2.35 bits per heavy atom. The van der Waals surface area contributed by atoms with E-state index in [-0.39, 0.29) is 22.6 Å². The molecule has 1 aromatic heterocycles. The van der Waals surface area contributed by atoms with Gasteiger partial charge in [-0.2, -0.15) is 18.2 Å². The number of hydrogen-bond donors (Lipinski definition) is 0. The highest BCUT2D eigenvalue weighted by atomic mass is 19.4. The van der Waals surface area contributed by atoms with Gasteiger partial charge in [0.25, 0.3) is 0 Å². The van der Waals surface area contributed by atoms with Gasteiger partial charge in [-0.25, -0.2) is 0 Å². The molecule has 0 spiro atoms. The lowest BCUT2D eigenvalue weighted by Crippen LogP contribution is -2.31. The molecule has 1 aliphatic rings. The summed E-state index contributed by atoms with van der Waals surface area (Å²) in [7, 11) is 0. The largest absolute Gasteiger partial charge is 0.471 e. The van der Waals surface area contributed by atoms with Gasteiger partial charge in [-0.3, -0.25) is 0 Å². The van der Waals surface area contributed by atoms with E-state index in [9.17, 15) is 13.2 Å². The molecule has 1 heterocycles. The van der Waals surface area contributed by atoms with E-state index in [1.165, 1.54) is 0 Å². The summed E-state index contributed by atoms with van der Waals surface area (Å²) >= 11 is 0. The van der Waals surface area contributed by atoms with Crippen molar-refractivity contribution in [3.8, 4) is 11.8 Å². The van der Waals surface area contributed by atoms with Crippen molar-refractivity contribution in [1.82, 2.24) is 10.1 Å². The summed E-state index contributed by atoms with van der Waals surface area (Å²) in [6, 6.07) is 0. The number of hydrogen-bond acceptors (Lipinski definition) is 3. The minimum atomic E-state index is -4.62. The average Bonchev–Trinajstić information content (AvgIpc) is 2.82. The van der Waals surface area contributed by atoms with Crippen LogP contribution in [0.4, 0.5) is 13.2 Å². The molecule has 1 fully saturated rings. The first-order valence-corrected chi connectivity index (χ1v) is 6.46. The monoisotopic (exact) mass is 286 g/mol. The van der Waals surface area contributed by atoms with Gasteiger partial charge in [0.15, 0.2) is 0 Å². The number of nitrogens with zero attached hydrogens (tertiary/aromatic N) is 2. The molecular formula is C14H17F3N2O. The maximum Gasteiger partial charge on any atom is 0.471 e. The molecule has 1 atom stereocenters. The highest BCUT2D eigenvalue weighted by Gasteiger charge is 2.47. The second-order valence-corrected chi connectivity index (χ2v) is 6.39. The third-order valence-electron chi connectivity index (χ3n) is 4.70. The van der Waals surface area contributed by atoms with E-state index in [2.05, 4.69) is 54.2 Å². The van der Waals surface area contributed by atoms with Gasteiger partial charge in [0.2, 0.25) is 5.82 Å². The van der Waals surface area contributed by atoms with Gasteiger partial charge >= 0.3 is 12.1 Å². The quantitative estimate of drug-likeness (QED) is 0.679. The van der Waals surface area contributed by atoms with Gasteiger partial charge < -0.3 is 4.52 Å². The Kier molecular flexibility index (Phi) is 3.35. The third kappa shape index (κ3) is 2.54. The molecule has 0 saturated heterocycles. The molecule has 0 aromatic carbocycles. The molecule has 0 amide bonds. The first-order chi connectivity index (χ1) is 9.04. The van der Waals surface area contributed by atoms with Gasteiger partial charge in [-0.05, 0) is 34.7 Å². The first-order valence-electron chi connectivity index (χ1n) is 6.46. The number of rotatable bonds is 0. The fourth-order valence-corrected chi connectivity index (χ4v) is 2.45. The van der Waals surface area contributed by atoms with Gasteiger partial charge in [-0.15, -0.1) is 0 Å². The van der Waals surface area contributed by atoms with E-state index in [4.69, 9.17) is 0 Å². The molecule has 0 bridgehead atoms. The van der Waals surface area contributed by atoms with Crippen LogP contribution in [0.3, 0.4) is 0 Å². The smallest absolute Gasteiger partial charge is 0.328 e. The molecule has 1 aromatic rings. The Morgan fingerprint density at radius 1 is 1.25 bits per heavy atom. The van der Waals surface area contributed by atoms with E-state index in [0.717, 1.165) is 12.8 Å². The average molecular weight is 286 g/mol. The van der Waals surface area contributed by atoms with Gasteiger partial charge in [-0.1, -0.05) is 33.6 Å². The standard InChI is InChI=1S/C14H17F3N2O/c1-12(2)8-7-9(13(12,3)4)5-6-10-18-11(20-19-10)14(15,16)17/h9H,7-8H2,1-4H3. The van der Waals surface area contributed by atoms with Crippen LogP contribution < -0.4 is 0 Å². The van der Waals surface area contributed by atoms with E-state index >= 15 is 0 Å². The van der Waals surface area contributed by atoms with Crippen molar-refractivity contribution in [3.05, 3.63) is 11.7 Å². The molecule has 110 valence electrons. The predicted octanol–water partition coefficient (Wildman–Crippen LogP) is 3.90. The van der Waals surface area contributed by atoms with Crippen LogP contribution in [0.25, 0.3) is 0 Å². The Hall–Kier alpha value is -1.51. The van der Waals surface area contributed by atoms with E-state index in [1.54, 1.807) is 0 Å². The number of aromatic nitrogens is 2. The highest BCUT2D eigenvalue weighted by molar-refractivity contribution is 5.23. The van der Waals surface area contributed by atoms with Crippen LogP contribution in [0.1, 0.15) is 52.3 Å². The zero-order chi connectivity index (χ0) is 15.2. The topological polar surface area (TPSA) is 38.9 Å². The molecule has 3 nitrogen and oxygen atoms in total. The highest BCUT2D eigenvalue weighted by Crippen LogP contribution is 2.55. The summed E-state index contributed by atoms with van der Waals surface area (Å²) in [6.07, 6.45) is -2.65. The summed E-state index contributed by atoms with van der Waals surface area (Å²) in [5.74, 6) is 4.16. The van der Waals surface area contributed by atoms with Crippen molar-refractivity contribution >= 4 is 0 Å². The second kappa shape index (κ2) is 4.51. The predicted molar refractivity (Wildman–Crippen MR) is 66.5 cm³/mol. The van der Waals surface area contributed by atoms with Crippen LogP contribution in [-0.4, -0.2) is 10.1 Å². The van der Waals surface area contributed by atoms with Gasteiger partial charge in [0, 0.05) is 5.92 Å². The van der Waals surface area contributed by atoms with Crippen LogP contribution >= 0.6 is 0 Å². The Morgan fingerprint density at radius 2 is 1.90 bits per heavy atom. The van der Waals surface area contributed by atoms with Crippen LogP contribution in [0.5, 0.6) is 0 Å². The lowest BCUT2D eigenvalue weighted by Gasteiger charge is -2.37. The first kappa shape index (κ1) is 14.9. The lowest BCUT2D eigenvalue weighted by atomic mass is 9.67. The van der Waals surface area contributed by atoms with Crippen molar-refractivity contribution in [2.45, 2.75) is 46.7 Å². The van der Waals surface area contributed by atoms with Crippen molar-refractivity contribution in [1.29, 1.82) is 0 Å². The van der Waals surface area contributed by atoms with E-state index in [1.807, 2.05) is 0 Å². The molecule has 0 radical (unpaired) electrons. The Labute approximate surface area is 115 Å². The molecule has 1 unspecified atom stereocenters. The van der Waals surface area contributed by atoms with Crippen LogP contribution in [0.2, 0.25) is 0 Å². The maximum absolute atomic E-state index is 12.3. The van der Waals surface area contributed by atoms with Crippen molar-refractivity contribution in [2.24, 2.45) is 16.7 Å². The summed E-state index contributed by atoms with van der Waals surface area (Å²) in [5, 5.41) is 3.25. The molecule has 6 heteroatoms. The molecule has 0 aliphatic heterocycles. The molecule has 1 aliphatic carbocycles. The van der Waals surface area contributed by atoms with Gasteiger partial charge in [0.1, 0.15) is 0 Å². The minimum Gasteiger partial charge on any atom is -0.328 e. The number of halogens is 3.